The molecule has 1 aliphatic carbocycles. The zero-order valence-corrected chi connectivity index (χ0v) is 27.2. The van der Waals surface area contributed by atoms with Crippen LogP contribution in [-0.2, 0) is 28.9 Å². The van der Waals surface area contributed by atoms with Crippen molar-refractivity contribution < 1.29 is 28.6 Å². The van der Waals surface area contributed by atoms with Gasteiger partial charge in [0.25, 0.3) is 5.91 Å². The van der Waals surface area contributed by atoms with Crippen LogP contribution in [0.2, 0.25) is 0 Å². The van der Waals surface area contributed by atoms with Crippen molar-refractivity contribution in [3.63, 3.8) is 0 Å². The number of nitrogens with zero attached hydrogens (tertiary/aromatic N) is 3. The molecule has 0 radical (unpaired) electrons. The Kier molecular flexibility index (Phi) is 10.4. The van der Waals surface area contributed by atoms with Crippen molar-refractivity contribution in [3.8, 4) is 17.2 Å². The number of rotatable bonds is 13. The fraction of sp³-hybridized carbons (Fsp3) is 0.344. The molecule has 5 rings (SSSR count). The molecular formula is C32H35N5O6S2. The van der Waals surface area contributed by atoms with Gasteiger partial charge in [0.2, 0.25) is 5.91 Å². The molecule has 4 aromatic rings. The Morgan fingerprint density at radius 1 is 1.04 bits per heavy atom. The van der Waals surface area contributed by atoms with E-state index in [4.69, 9.17) is 14.2 Å². The number of amides is 2. The maximum atomic E-state index is 13.5. The van der Waals surface area contributed by atoms with E-state index in [1.165, 1.54) is 30.2 Å². The van der Waals surface area contributed by atoms with Crippen molar-refractivity contribution in [1.29, 1.82) is 0 Å². The quantitative estimate of drug-likeness (QED) is 0.143. The van der Waals surface area contributed by atoms with Gasteiger partial charge in [-0.1, -0.05) is 23.9 Å². The second kappa shape index (κ2) is 14.6. The second-order valence-electron chi connectivity index (χ2n) is 10.1. The van der Waals surface area contributed by atoms with Crippen molar-refractivity contribution in [3.05, 3.63) is 75.9 Å². The minimum Gasteiger partial charge on any atom is -0.496 e. The number of hydrogen-bond donors (Lipinski definition) is 2. The third-order valence-electron chi connectivity index (χ3n) is 7.15. The lowest BCUT2D eigenvalue weighted by Gasteiger charge is -2.15. The molecule has 0 saturated heterocycles. The summed E-state index contributed by atoms with van der Waals surface area (Å²) >= 11 is 2.66. The van der Waals surface area contributed by atoms with Crippen LogP contribution in [0.3, 0.4) is 0 Å². The lowest BCUT2D eigenvalue weighted by atomic mass is 10.1. The summed E-state index contributed by atoms with van der Waals surface area (Å²) in [5.74, 6) is 0.622. The zero-order valence-electron chi connectivity index (χ0n) is 25.5. The molecule has 13 heteroatoms. The number of thioether (sulfide) groups is 1. The summed E-state index contributed by atoms with van der Waals surface area (Å²) in [6.07, 6.45) is 2.66. The molecule has 236 valence electrons. The number of carbonyl (C=O) groups is 3. The maximum absolute atomic E-state index is 13.5. The van der Waals surface area contributed by atoms with E-state index in [1.807, 2.05) is 31.2 Å². The van der Waals surface area contributed by atoms with Crippen LogP contribution in [0.25, 0.3) is 5.69 Å². The highest BCUT2D eigenvalue weighted by molar-refractivity contribution is 8.00. The number of fused-ring (bicyclic) bond motifs is 1. The number of anilines is 1. The van der Waals surface area contributed by atoms with Crippen LogP contribution in [0.1, 0.15) is 64.2 Å². The molecule has 45 heavy (non-hydrogen) atoms. The van der Waals surface area contributed by atoms with Gasteiger partial charge in [0.05, 0.1) is 43.2 Å². The van der Waals surface area contributed by atoms with Gasteiger partial charge in [-0.15, -0.1) is 21.5 Å². The van der Waals surface area contributed by atoms with Crippen LogP contribution in [0.4, 0.5) is 5.00 Å². The molecule has 0 saturated carbocycles. The standard InChI is InChI=1S/C32H35N5O6S2/c1-5-42-21-16-14-20(15-17-21)37-26(18-33-29(39)22-10-7-8-12-24(22)41-4)35-36-32(37)44-19(3)28(38)34-30-27(31(40)43-6-2)23-11-9-13-25(23)45-30/h7-8,10,12,14-17,19H,5-6,9,11,13,18H2,1-4H3,(H,33,39)(H,34,38)/t19-/m1/s1. The maximum Gasteiger partial charge on any atom is 0.341 e. The van der Waals surface area contributed by atoms with E-state index < -0.39 is 11.2 Å². The van der Waals surface area contributed by atoms with Gasteiger partial charge in [-0.2, -0.15) is 0 Å². The number of thiophene rings is 1. The monoisotopic (exact) mass is 649 g/mol. The van der Waals surface area contributed by atoms with Gasteiger partial charge < -0.3 is 24.8 Å². The van der Waals surface area contributed by atoms with E-state index in [0.717, 1.165) is 35.4 Å². The number of esters is 1. The first-order valence-corrected chi connectivity index (χ1v) is 16.4. The topological polar surface area (TPSA) is 134 Å². The number of aromatic nitrogens is 3. The van der Waals surface area contributed by atoms with Crippen molar-refractivity contribution >= 4 is 45.9 Å². The van der Waals surface area contributed by atoms with Crippen LogP contribution in [0.5, 0.6) is 11.5 Å². The molecule has 0 unspecified atom stereocenters. The van der Waals surface area contributed by atoms with Gasteiger partial charge in [-0.25, -0.2) is 4.79 Å². The van der Waals surface area contributed by atoms with E-state index >= 15 is 0 Å². The molecule has 2 aromatic carbocycles. The normalized spacial score (nSPS) is 12.7. The van der Waals surface area contributed by atoms with Gasteiger partial charge in [0.15, 0.2) is 11.0 Å². The SMILES string of the molecule is CCOC(=O)c1c(NC(=O)[C@@H](C)Sc2nnc(CNC(=O)c3ccccc3OC)n2-c2ccc(OCC)cc2)sc2c1CCC2. The molecule has 0 spiro atoms. The molecule has 2 heterocycles. The minimum atomic E-state index is -0.598. The second-order valence-corrected chi connectivity index (χ2v) is 12.5. The highest BCUT2D eigenvalue weighted by Crippen LogP contribution is 2.40. The van der Waals surface area contributed by atoms with Gasteiger partial charge in [-0.3, -0.25) is 14.2 Å². The van der Waals surface area contributed by atoms with Crippen molar-refractivity contribution in [2.24, 2.45) is 0 Å². The van der Waals surface area contributed by atoms with Crippen LogP contribution in [0.15, 0.2) is 53.7 Å². The van der Waals surface area contributed by atoms with Crippen molar-refractivity contribution in [2.75, 3.05) is 25.6 Å². The number of ether oxygens (including phenoxy) is 3. The fourth-order valence-electron chi connectivity index (χ4n) is 5.03. The number of nitrogens with one attached hydrogen (secondary N) is 2. The lowest BCUT2D eigenvalue weighted by Crippen LogP contribution is -2.25. The predicted molar refractivity (Wildman–Crippen MR) is 173 cm³/mol. The van der Waals surface area contributed by atoms with E-state index in [2.05, 4.69) is 20.8 Å². The number of aryl methyl sites for hydroxylation is 1. The Bertz CT molecular complexity index is 1680. The third kappa shape index (κ3) is 7.15. The summed E-state index contributed by atoms with van der Waals surface area (Å²) in [4.78, 5) is 40.4. The molecule has 0 aliphatic heterocycles. The van der Waals surface area contributed by atoms with E-state index in [0.29, 0.717) is 45.2 Å². The average molecular weight is 650 g/mol. The Morgan fingerprint density at radius 2 is 1.82 bits per heavy atom. The number of carbonyl (C=O) groups excluding carboxylic acids is 3. The minimum absolute atomic E-state index is 0.0713. The van der Waals surface area contributed by atoms with E-state index in [1.54, 1.807) is 42.7 Å². The first kappa shape index (κ1) is 32.0. The van der Waals surface area contributed by atoms with Gasteiger partial charge in [0.1, 0.15) is 16.5 Å². The Balaban J connectivity index is 1.38. The summed E-state index contributed by atoms with van der Waals surface area (Å²) in [7, 11) is 1.51. The van der Waals surface area contributed by atoms with Crippen molar-refractivity contribution in [1.82, 2.24) is 20.1 Å². The van der Waals surface area contributed by atoms with Gasteiger partial charge >= 0.3 is 5.97 Å². The molecule has 2 amide bonds. The van der Waals surface area contributed by atoms with Crippen LogP contribution >= 0.6 is 23.1 Å². The molecule has 0 bridgehead atoms. The van der Waals surface area contributed by atoms with Crippen LogP contribution < -0.4 is 20.1 Å². The molecule has 1 atom stereocenters. The predicted octanol–water partition coefficient (Wildman–Crippen LogP) is 5.45. The summed E-state index contributed by atoms with van der Waals surface area (Å²) in [5.41, 5.74) is 2.57. The average Bonchev–Trinajstić information content (AvgIpc) is 3.75. The first-order chi connectivity index (χ1) is 21.8. The lowest BCUT2D eigenvalue weighted by molar-refractivity contribution is -0.115. The highest BCUT2D eigenvalue weighted by atomic mass is 32.2. The summed E-state index contributed by atoms with van der Waals surface area (Å²) in [6.45, 7) is 6.31. The molecular weight excluding hydrogens is 615 g/mol. The summed E-state index contributed by atoms with van der Waals surface area (Å²) in [6, 6.07) is 14.4. The van der Waals surface area contributed by atoms with E-state index in [-0.39, 0.29) is 25.0 Å². The Hall–Kier alpha value is -4.36. The smallest absolute Gasteiger partial charge is 0.341 e. The largest absolute Gasteiger partial charge is 0.496 e. The molecule has 0 fully saturated rings. The first-order valence-electron chi connectivity index (χ1n) is 14.7. The molecule has 11 nitrogen and oxygen atoms in total. The highest BCUT2D eigenvalue weighted by Gasteiger charge is 2.30. The van der Waals surface area contributed by atoms with E-state index in [9.17, 15) is 14.4 Å². The summed E-state index contributed by atoms with van der Waals surface area (Å²) < 4.78 is 18.0. The van der Waals surface area contributed by atoms with Gasteiger partial charge in [0, 0.05) is 10.6 Å². The van der Waals surface area contributed by atoms with Crippen LogP contribution in [-0.4, -0.2) is 58.1 Å². The number of para-hydroxylation sites is 1. The summed E-state index contributed by atoms with van der Waals surface area (Å²) in [5, 5.41) is 15.0. The number of benzene rings is 2. The number of methoxy groups -OCH3 is 1. The molecule has 2 aromatic heterocycles. The molecule has 1 aliphatic rings. The van der Waals surface area contributed by atoms with Crippen molar-refractivity contribution in [2.45, 2.75) is 57.0 Å². The third-order valence-corrected chi connectivity index (χ3v) is 9.40. The Morgan fingerprint density at radius 3 is 2.56 bits per heavy atom. The Labute approximate surface area is 269 Å². The number of hydrogen-bond acceptors (Lipinski definition) is 10. The van der Waals surface area contributed by atoms with Crippen LogP contribution in [0, 0.1) is 0 Å². The van der Waals surface area contributed by atoms with Gasteiger partial charge in [-0.05, 0) is 82.0 Å². The zero-order chi connectivity index (χ0) is 31.9. The molecule has 2 N–H and O–H groups in total. The fourth-order valence-corrected chi connectivity index (χ4v) is 7.20.